The van der Waals surface area contributed by atoms with Crippen molar-refractivity contribution in [1.82, 2.24) is 5.32 Å². The second kappa shape index (κ2) is 7.92. The molecular weight excluding hydrogens is 320 g/mol. The predicted molar refractivity (Wildman–Crippen MR) is 88.0 cm³/mol. The number of nitrogens with one attached hydrogen (secondary N) is 1. The Morgan fingerprint density at radius 1 is 1.30 bits per heavy atom. The number of aliphatic hydroxyl groups excluding tert-OH is 1. The molecule has 0 saturated heterocycles. The summed E-state index contributed by atoms with van der Waals surface area (Å²) < 4.78 is 5.57. The summed E-state index contributed by atoms with van der Waals surface area (Å²) in [4.78, 5) is 10.8. The zero-order valence-corrected chi connectivity index (χ0v) is 13.3. The van der Waals surface area contributed by atoms with Crippen LogP contribution in [-0.4, -0.2) is 22.7 Å². The van der Waals surface area contributed by atoms with Crippen LogP contribution in [0.1, 0.15) is 12.5 Å². The molecule has 0 fully saturated rings. The molecule has 6 nitrogen and oxygen atoms in total. The molecule has 0 spiro atoms. The van der Waals surface area contributed by atoms with Crippen LogP contribution in [0.3, 0.4) is 0 Å². The van der Waals surface area contributed by atoms with Crippen LogP contribution in [0.2, 0.25) is 5.02 Å². The second-order valence-corrected chi connectivity index (χ2v) is 5.46. The van der Waals surface area contributed by atoms with Crippen LogP contribution in [0.15, 0.2) is 42.5 Å². The molecule has 0 saturated carbocycles. The number of hydrogen-bond acceptors (Lipinski definition) is 5. The Morgan fingerprint density at radius 3 is 2.70 bits per heavy atom. The summed E-state index contributed by atoms with van der Waals surface area (Å²) in [5.41, 5.74) is 0.587. The third-order valence-corrected chi connectivity index (χ3v) is 3.52. The third kappa shape index (κ3) is 4.66. The van der Waals surface area contributed by atoms with E-state index in [0.717, 1.165) is 5.56 Å². The van der Waals surface area contributed by atoms with E-state index in [-0.39, 0.29) is 24.1 Å². The van der Waals surface area contributed by atoms with E-state index >= 15 is 0 Å². The Bertz CT molecular complexity index is 694. The Balaban J connectivity index is 2.23. The van der Waals surface area contributed by atoms with Gasteiger partial charge in [0.05, 0.1) is 16.6 Å². The van der Waals surface area contributed by atoms with Crippen molar-refractivity contribution in [3.63, 3.8) is 0 Å². The summed E-state index contributed by atoms with van der Waals surface area (Å²) in [5.74, 6) is 0.485. The van der Waals surface area contributed by atoms with Crippen LogP contribution in [0.4, 0.5) is 5.69 Å². The van der Waals surface area contributed by atoms with Gasteiger partial charge in [0.1, 0.15) is 5.75 Å². The van der Waals surface area contributed by atoms with Crippen molar-refractivity contribution in [3.8, 4) is 11.5 Å². The lowest BCUT2D eigenvalue weighted by atomic mass is 10.1. The number of halogens is 1. The summed E-state index contributed by atoms with van der Waals surface area (Å²) in [6.07, 6.45) is 0. The topological polar surface area (TPSA) is 84.6 Å². The molecule has 23 heavy (non-hydrogen) atoms. The zero-order chi connectivity index (χ0) is 16.8. The standard InChI is InChI=1S/C16H17ClN2O4/c1-11(10-20)18-9-12-6-7-16(14(8-12)19(21)22)23-15-5-3-2-4-13(15)17/h2-8,11,18,20H,9-10H2,1H3. The van der Waals surface area contributed by atoms with Crippen LogP contribution in [0.25, 0.3) is 0 Å². The quantitative estimate of drug-likeness (QED) is 0.597. The molecule has 0 aliphatic heterocycles. The van der Waals surface area contributed by atoms with E-state index in [2.05, 4.69) is 5.32 Å². The summed E-state index contributed by atoms with van der Waals surface area (Å²) >= 11 is 6.01. The molecule has 7 heteroatoms. The highest BCUT2D eigenvalue weighted by Gasteiger charge is 2.17. The van der Waals surface area contributed by atoms with E-state index in [0.29, 0.717) is 17.3 Å². The molecule has 2 rings (SSSR count). The van der Waals surface area contributed by atoms with E-state index < -0.39 is 4.92 Å². The summed E-state index contributed by atoms with van der Waals surface area (Å²) in [7, 11) is 0. The van der Waals surface area contributed by atoms with Gasteiger partial charge in [-0.25, -0.2) is 0 Å². The molecule has 0 bridgehead atoms. The number of nitro groups is 1. The van der Waals surface area contributed by atoms with Gasteiger partial charge in [-0.3, -0.25) is 10.1 Å². The van der Waals surface area contributed by atoms with E-state index in [9.17, 15) is 10.1 Å². The van der Waals surface area contributed by atoms with Gasteiger partial charge in [0.25, 0.3) is 0 Å². The van der Waals surface area contributed by atoms with Gasteiger partial charge >= 0.3 is 5.69 Å². The molecule has 2 aromatic carbocycles. The van der Waals surface area contributed by atoms with Gasteiger partial charge in [0, 0.05) is 18.7 Å². The molecule has 0 amide bonds. The molecule has 0 radical (unpaired) electrons. The van der Waals surface area contributed by atoms with Gasteiger partial charge in [-0.05, 0) is 30.7 Å². The Labute approximate surface area is 138 Å². The SMILES string of the molecule is CC(CO)NCc1ccc(Oc2ccccc2Cl)c([N+](=O)[O-])c1. The van der Waals surface area contributed by atoms with Crippen molar-refractivity contribution in [1.29, 1.82) is 0 Å². The zero-order valence-electron chi connectivity index (χ0n) is 12.5. The molecule has 122 valence electrons. The van der Waals surface area contributed by atoms with E-state index in [1.165, 1.54) is 6.07 Å². The van der Waals surface area contributed by atoms with Gasteiger partial charge in [0.2, 0.25) is 5.75 Å². The van der Waals surface area contributed by atoms with Gasteiger partial charge in [-0.15, -0.1) is 0 Å². The molecule has 2 N–H and O–H groups in total. The van der Waals surface area contributed by atoms with Crippen LogP contribution in [0, 0.1) is 10.1 Å². The lowest BCUT2D eigenvalue weighted by molar-refractivity contribution is -0.385. The van der Waals surface area contributed by atoms with Gasteiger partial charge in [-0.1, -0.05) is 29.8 Å². The Hall–Kier alpha value is -2.15. The first-order valence-electron chi connectivity index (χ1n) is 7.05. The summed E-state index contributed by atoms with van der Waals surface area (Å²) in [6.45, 7) is 2.23. The maximum Gasteiger partial charge on any atom is 0.311 e. The maximum atomic E-state index is 11.3. The van der Waals surface area contributed by atoms with Gasteiger partial charge in [0.15, 0.2) is 0 Å². The molecule has 0 heterocycles. The third-order valence-electron chi connectivity index (χ3n) is 3.21. The second-order valence-electron chi connectivity index (χ2n) is 5.06. The number of rotatable bonds is 7. The highest BCUT2D eigenvalue weighted by atomic mass is 35.5. The lowest BCUT2D eigenvalue weighted by Gasteiger charge is -2.12. The normalized spacial score (nSPS) is 12.0. The minimum Gasteiger partial charge on any atom is -0.449 e. The minimum absolute atomic E-state index is 0.00417. The highest BCUT2D eigenvalue weighted by Crippen LogP contribution is 2.35. The fraction of sp³-hybridized carbons (Fsp3) is 0.250. The number of hydrogen-bond donors (Lipinski definition) is 2. The Kier molecular flexibility index (Phi) is 5.92. The first-order valence-corrected chi connectivity index (χ1v) is 7.43. The van der Waals surface area contributed by atoms with E-state index in [1.807, 2.05) is 6.92 Å². The molecule has 1 unspecified atom stereocenters. The van der Waals surface area contributed by atoms with Crippen molar-refractivity contribution < 1.29 is 14.8 Å². The van der Waals surface area contributed by atoms with Crippen molar-refractivity contribution >= 4 is 17.3 Å². The van der Waals surface area contributed by atoms with Crippen molar-refractivity contribution in [2.75, 3.05) is 6.61 Å². The summed E-state index contributed by atoms with van der Waals surface area (Å²) in [5, 5.41) is 23.7. The molecule has 0 aliphatic rings. The number of aliphatic hydroxyl groups is 1. The summed E-state index contributed by atoms with van der Waals surface area (Å²) in [6, 6.07) is 11.4. The molecule has 0 aliphatic carbocycles. The number of benzene rings is 2. The lowest BCUT2D eigenvalue weighted by Crippen LogP contribution is -2.28. The van der Waals surface area contributed by atoms with Crippen molar-refractivity contribution in [2.24, 2.45) is 0 Å². The fourth-order valence-corrected chi connectivity index (χ4v) is 2.08. The monoisotopic (exact) mass is 336 g/mol. The van der Waals surface area contributed by atoms with Crippen LogP contribution >= 0.6 is 11.6 Å². The van der Waals surface area contributed by atoms with Crippen molar-refractivity contribution in [3.05, 3.63) is 63.2 Å². The van der Waals surface area contributed by atoms with Gasteiger partial charge in [-0.2, -0.15) is 0 Å². The molecule has 0 aromatic heterocycles. The van der Waals surface area contributed by atoms with E-state index in [4.69, 9.17) is 21.4 Å². The Morgan fingerprint density at radius 2 is 2.04 bits per heavy atom. The number of nitro benzene ring substituents is 1. The first kappa shape index (κ1) is 17.2. The molecule has 2 aromatic rings. The predicted octanol–water partition coefficient (Wildman–Crippen LogP) is 3.51. The number of para-hydroxylation sites is 1. The number of nitrogens with zero attached hydrogens (tertiary/aromatic N) is 1. The molecular formula is C16H17ClN2O4. The van der Waals surface area contributed by atoms with Crippen LogP contribution < -0.4 is 10.1 Å². The van der Waals surface area contributed by atoms with Gasteiger partial charge < -0.3 is 15.2 Å². The molecule has 1 atom stereocenters. The van der Waals surface area contributed by atoms with E-state index in [1.54, 1.807) is 36.4 Å². The minimum atomic E-state index is -0.495. The highest BCUT2D eigenvalue weighted by molar-refractivity contribution is 6.32. The van der Waals surface area contributed by atoms with Crippen LogP contribution in [-0.2, 0) is 6.54 Å². The van der Waals surface area contributed by atoms with Crippen molar-refractivity contribution in [2.45, 2.75) is 19.5 Å². The average molecular weight is 337 g/mol. The van der Waals surface area contributed by atoms with Crippen LogP contribution in [0.5, 0.6) is 11.5 Å². The fourth-order valence-electron chi connectivity index (χ4n) is 1.90. The number of ether oxygens (including phenoxy) is 1. The average Bonchev–Trinajstić information content (AvgIpc) is 2.55. The maximum absolute atomic E-state index is 11.3. The first-order chi connectivity index (χ1) is 11.0. The smallest absolute Gasteiger partial charge is 0.311 e. The largest absolute Gasteiger partial charge is 0.449 e.